The molecule has 1 aliphatic heterocycles. The third-order valence-corrected chi connectivity index (χ3v) is 4.72. The largest absolute Gasteiger partial charge is 0.352 e. The fourth-order valence-electron chi connectivity index (χ4n) is 3.15. The van der Waals surface area contributed by atoms with Crippen LogP contribution in [0.2, 0.25) is 0 Å². The van der Waals surface area contributed by atoms with Crippen molar-refractivity contribution in [3.8, 4) is 0 Å². The van der Waals surface area contributed by atoms with Gasteiger partial charge in [0.2, 0.25) is 5.91 Å². The number of nitrogens with one attached hydrogen (secondary N) is 3. The van der Waals surface area contributed by atoms with Gasteiger partial charge in [-0.3, -0.25) is 19.5 Å². The fraction of sp³-hybridized carbons (Fsp3) is 0.500. The van der Waals surface area contributed by atoms with E-state index >= 15 is 0 Å². The van der Waals surface area contributed by atoms with Gasteiger partial charge >= 0.3 is 0 Å². The number of carbonyl (C=O) groups is 2. The molecule has 1 saturated heterocycles. The summed E-state index contributed by atoms with van der Waals surface area (Å²) in [7, 11) is 0. The second-order valence-electron chi connectivity index (χ2n) is 6.57. The van der Waals surface area contributed by atoms with Crippen LogP contribution in [0.15, 0.2) is 17.1 Å². The number of aryl methyl sites for hydroxylation is 1. The first kappa shape index (κ1) is 15.8. The zero-order valence-electron chi connectivity index (χ0n) is 13.9. The highest BCUT2D eigenvalue weighted by Gasteiger charge is 2.36. The summed E-state index contributed by atoms with van der Waals surface area (Å²) in [6.45, 7) is 3.26. The fourth-order valence-corrected chi connectivity index (χ4v) is 3.15. The number of aromatic nitrogens is 3. The number of fused-ring (bicyclic) bond motifs is 1. The van der Waals surface area contributed by atoms with E-state index in [2.05, 4.69) is 20.7 Å². The van der Waals surface area contributed by atoms with Crippen LogP contribution in [0.3, 0.4) is 0 Å². The quantitative estimate of drug-likeness (QED) is 0.663. The average Bonchev–Trinajstić information content (AvgIpc) is 3.33. The lowest BCUT2D eigenvalue weighted by atomic mass is 10.1. The molecule has 0 bridgehead atoms. The van der Waals surface area contributed by atoms with Gasteiger partial charge < -0.3 is 15.5 Å². The smallest absolute Gasteiger partial charge is 0.266 e. The van der Waals surface area contributed by atoms with Crippen molar-refractivity contribution in [2.45, 2.75) is 31.8 Å². The van der Waals surface area contributed by atoms with Crippen LogP contribution < -0.4 is 16.2 Å². The van der Waals surface area contributed by atoms with Crippen LogP contribution in [0, 0.1) is 6.92 Å². The van der Waals surface area contributed by atoms with E-state index in [1.165, 1.54) is 16.8 Å². The van der Waals surface area contributed by atoms with E-state index in [1.54, 1.807) is 11.8 Å². The first-order valence-corrected chi connectivity index (χ1v) is 8.44. The van der Waals surface area contributed by atoms with E-state index in [0.717, 1.165) is 12.8 Å². The molecule has 9 nitrogen and oxygen atoms in total. The first-order valence-electron chi connectivity index (χ1n) is 8.44. The summed E-state index contributed by atoms with van der Waals surface area (Å²) in [6.07, 6.45) is 3.47. The van der Waals surface area contributed by atoms with Gasteiger partial charge in [-0.15, -0.1) is 0 Å². The zero-order chi connectivity index (χ0) is 17.6. The summed E-state index contributed by atoms with van der Waals surface area (Å²) >= 11 is 0. The molecule has 2 aliphatic rings. The Kier molecular flexibility index (Phi) is 3.79. The Bertz CT molecular complexity index is 897. The Hall–Kier alpha value is -2.68. The number of rotatable bonds is 3. The van der Waals surface area contributed by atoms with Crippen LogP contribution in [-0.4, -0.2) is 63.0 Å². The van der Waals surface area contributed by atoms with Gasteiger partial charge in [-0.1, -0.05) is 0 Å². The van der Waals surface area contributed by atoms with E-state index in [0.29, 0.717) is 36.5 Å². The van der Waals surface area contributed by atoms with Crippen LogP contribution in [-0.2, 0) is 4.79 Å². The predicted molar refractivity (Wildman–Crippen MR) is 89.4 cm³/mol. The van der Waals surface area contributed by atoms with E-state index in [9.17, 15) is 14.4 Å². The van der Waals surface area contributed by atoms with Crippen molar-refractivity contribution in [3.63, 3.8) is 0 Å². The van der Waals surface area contributed by atoms with Crippen molar-refractivity contribution in [2.24, 2.45) is 0 Å². The molecule has 3 N–H and O–H groups in total. The van der Waals surface area contributed by atoms with Crippen molar-refractivity contribution < 1.29 is 9.59 Å². The third-order valence-electron chi connectivity index (χ3n) is 4.72. The number of amides is 2. The van der Waals surface area contributed by atoms with Gasteiger partial charge in [0.1, 0.15) is 6.04 Å². The predicted octanol–water partition coefficient (Wildman–Crippen LogP) is -0.976. The number of hydrogen-bond donors (Lipinski definition) is 3. The zero-order valence-corrected chi connectivity index (χ0v) is 13.9. The topological polar surface area (TPSA) is 112 Å². The van der Waals surface area contributed by atoms with Gasteiger partial charge in [0.25, 0.3) is 11.5 Å². The first-order chi connectivity index (χ1) is 12.0. The average molecular weight is 344 g/mol. The molecular formula is C16H20N6O3. The minimum atomic E-state index is -0.541. The van der Waals surface area contributed by atoms with Crippen molar-refractivity contribution in [2.75, 3.05) is 19.6 Å². The lowest BCUT2D eigenvalue weighted by Crippen LogP contribution is -2.60. The number of carbonyl (C=O) groups excluding carboxylic acids is 2. The summed E-state index contributed by atoms with van der Waals surface area (Å²) < 4.78 is 1.50. The number of hydrogen-bond acceptors (Lipinski definition) is 5. The summed E-state index contributed by atoms with van der Waals surface area (Å²) in [6, 6.07) is 1.08. The van der Waals surface area contributed by atoms with Crippen molar-refractivity contribution >= 4 is 17.5 Å². The van der Waals surface area contributed by atoms with Crippen LogP contribution in [0.4, 0.5) is 0 Å². The lowest BCUT2D eigenvalue weighted by Gasteiger charge is -2.35. The number of piperazine rings is 1. The number of nitrogens with zero attached hydrogens (tertiary/aromatic N) is 3. The minimum Gasteiger partial charge on any atom is -0.352 e. The molecule has 2 amide bonds. The SMILES string of the molecule is Cc1c(C(=O)N2CCNC[C@H]2C(=O)NC2CC2)cnc2cc(=O)[nH]n12. The highest BCUT2D eigenvalue weighted by atomic mass is 16.2. The van der Waals surface area contributed by atoms with Gasteiger partial charge in [0, 0.05) is 37.9 Å². The summed E-state index contributed by atoms with van der Waals surface area (Å²) in [4.78, 5) is 42.8. The van der Waals surface area contributed by atoms with Crippen molar-refractivity contribution in [3.05, 3.63) is 33.9 Å². The molecule has 132 valence electrons. The molecular weight excluding hydrogens is 324 g/mol. The van der Waals surface area contributed by atoms with Crippen LogP contribution in [0.1, 0.15) is 28.9 Å². The molecule has 2 aromatic rings. The van der Waals surface area contributed by atoms with Gasteiger partial charge in [0.05, 0.1) is 11.3 Å². The van der Waals surface area contributed by atoms with Crippen LogP contribution >= 0.6 is 0 Å². The van der Waals surface area contributed by atoms with Gasteiger partial charge in [-0.05, 0) is 19.8 Å². The van der Waals surface area contributed by atoms with Crippen LogP contribution in [0.25, 0.3) is 5.65 Å². The molecule has 0 unspecified atom stereocenters. The molecule has 0 radical (unpaired) electrons. The molecule has 1 saturated carbocycles. The minimum absolute atomic E-state index is 0.121. The molecule has 2 fully saturated rings. The third kappa shape index (κ3) is 2.91. The monoisotopic (exact) mass is 344 g/mol. The summed E-state index contributed by atoms with van der Waals surface area (Å²) in [5.41, 5.74) is 1.16. The maximum absolute atomic E-state index is 13.1. The Morgan fingerprint density at radius 3 is 2.92 bits per heavy atom. The van der Waals surface area contributed by atoms with E-state index in [-0.39, 0.29) is 23.4 Å². The van der Waals surface area contributed by atoms with Crippen LogP contribution in [0.5, 0.6) is 0 Å². The maximum atomic E-state index is 13.1. The lowest BCUT2D eigenvalue weighted by molar-refractivity contribution is -0.126. The van der Waals surface area contributed by atoms with Crippen molar-refractivity contribution in [1.29, 1.82) is 0 Å². The number of aromatic amines is 1. The maximum Gasteiger partial charge on any atom is 0.266 e. The van der Waals surface area contributed by atoms with Gasteiger partial charge in [-0.25, -0.2) is 9.50 Å². The van der Waals surface area contributed by atoms with E-state index < -0.39 is 6.04 Å². The molecule has 1 atom stereocenters. The number of H-pyrrole nitrogens is 1. The van der Waals surface area contributed by atoms with Gasteiger partial charge in [0.15, 0.2) is 5.65 Å². The Labute approximate surface area is 143 Å². The van der Waals surface area contributed by atoms with E-state index in [1.807, 2.05) is 0 Å². The highest BCUT2D eigenvalue weighted by Crippen LogP contribution is 2.20. The Morgan fingerprint density at radius 1 is 1.36 bits per heavy atom. The summed E-state index contributed by atoms with van der Waals surface area (Å²) in [5.74, 6) is -0.372. The highest BCUT2D eigenvalue weighted by molar-refractivity contribution is 5.98. The van der Waals surface area contributed by atoms with Crippen molar-refractivity contribution in [1.82, 2.24) is 30.1 Å². The van der Waals surface area contributed by atoms with Gasteiger partial charge in [-0.2, -0.15) is 0 Å². The molecule has 4 rings (SSSR count). The Balaban J connectivity index is 1.64. The second kappa shape index (κ2) is 5.99. The second-order valence-corrected chi connectivity index (χ2v) is 6.57. The molecule has 25 heavy (non-hydrogen) atoms. The Morgan fingerprint density at radius 2 is 2.16 bits per heavy atom. The molecule has 0 spiro atoms. The molecule has 3 heterocycles. The molecule has 1 aliphatic carbocycles. The standard InChI is InChI=1S/C16H20N6O3/c1-9-11(7-18-13-6-14(23)20-22(9)13)16(25)21-5-4-17-8-12(21)15(24)19-10-2-3-10/h6-7,10,12,17H,2-5,8H2,1H3,(H,19,24)(H,20,23)/t12-/m0/s1. The summed E-state index contributed by atoms with van der Waals surface area (Å²) in [5, 5.41) is 8.77. The van der Waals surface area contributed by atoms with E-state index in [4.69, 9.17) is 0 Å². The molecule has 2 aromatic heterocycles. The molecule has 0 aromatic carbocycles. The molecule has 9 heteroatoms. The normalized spacial score (nSPS) is 20.7.